The number of halogens is 1. The second-order valence-electron chi connectivity index (χ2n) is 8.60. The predicted octanol–water partition coefficient (Wildman–Crippen LogP) is 5.29. The van der Waals surface area contributed by atoms with Crippen LogP contribution in [0.4, 0.5) is 20.6 Å². The summed E-state index contributed by atoms with van der Waals surface area (Å²) < 4.78 is 39.1. The van der Waals surface area contributed by atoms with Crippen LogP contribution in [-0.4, -0.2) is 20.7 Å². The van der Waals surface area contributed by atoms with E-state index < -0.39 is 28.6 Å². The Morgan fingerprint density at radius 3 is 2.13 bits per heavy atom. The van der Waals surface area contributed by atoms with Gasteiger partial charge in [0.05, 0.1) is 45.5 Å². The highest BCUT2D eigenvalue weighted by Crippen LogP contribution is 2.43. The first-order valence-corrected chi connectivity index (χ1v) is 13.2. The maximum atomic E-state index is 14.2. The van der Waals surface area contributed by atoms with Crippen LogP contribution < -0.4 is 9.80 Å². The van der Waals surface area contributed by atoms with Crippen molar-refractivity contribution in [3.8, 4) is 18.2 Å². The van der Waals surface area contributed by atoms with E-state index in [4.69, 9.17) is 0 Å². The number of carbonyl (C=O) groups excluding carboxylic acids is 1. The molecular formula is C28H20FN5O3S. The molecule has 0 saturated heterocycles. The lowest BCUT2D eigenvalue weighted by molar-refractivity contribution is 0.250. The summed E-state index contributed by atoms with van der Waals surface area (Å²) >= 11 is 0. The number of nitriles is 3. The van der Waals surface area contributed by atoms with Crippen molar-refractivity contribution in [2.45, 2.75) is 24.5 Å². The van der Waals surface area contributed by atoms with Gasteiger partial charge in [-0.2, -0.15) is 15.8 Å². The number of hydrogen-bond acceptors (Lipinski definition) is 6. The van der Waals surface area contributed by atoms with Crippen molar-refractivity contribution in [1.29, 1.82) is 15.8 Å². The third-order valence-electron chi connectivity index (χ3n) is 6.21. The molecule has 0 fully saturated rings. The van der Waals surface area contributed by atoms with E-state index in [1.807, 2.05) is 12.1 Å². The van der Waals surface area contributed by atoms with Gasteiger partial charge in [-0.3, -0.25) is 9.80 Å². The Hall–Kier alpha value is -4.98. The Bertz CT molecular complexity index is 1710. The van der Waals surface area contributed by atoms with Crippen LogP contribution in [0.3, 0.4) is 0 Å². The van der Waals surface area contributed by atoms with Gasteiger partial charge >= 0.3 is 6.03 Å². The molecule has 0 N–H and O–H groups in total. The topological polar surface area (TPSA) is 129 Å². The molecule has 1 atom stereocenters. The molecule has 0 bridgehead atoms. The van der Waals surface area contributed by atoms with Crippen LogP contribution in [0, 0.1) is 34.0 Å². The number of amides is 2. The molecule has 0 unspecified atom stereocenters. The number of benzene rings is 3. The summed E-state index contributed by atoms with van der Waals surface area (Å²) in [6.07, 6.45) is 0.987. The van der Waals surface area contributed by atoms with Crippen LogP contribution >= 0.6 is 0 Å². The number of carbonyl (C=O) groups is 1. The summed E-state index contributed by atoms with van der Waals surface area (Å²) in [7, 11) is -3.89. The third kappa shape index (κ3) is 4.59. The summed E-state index contributed by atoms with van der Waals surface area (Å²) in [5.41, 5.74) is 1.86. The Morgan fingerprint density at radius 2 is 1.55 bits per heavy atom. The van der Waals surface area contributed by atoms with Crippen molar-refractivity contribution in [2.24, 2.45) is 0 Å². The molecular weight excluding hydrogens is 505 g/mol. The molecule has 38 heavy (non-hydrogen) atoms. The van der Waals surface area contributed by atoms with E-state index in [0.29, 0.717) is 22.5 Å². The minimum absolute atomic E-state index is 0.0780. The number of rotatable bonds is 5. The maximum Gasteiger partial charge on any atom is 0.334 e. The van der Waals surface area contributed by atoms with Crippen molar-refractivity contribution in [1.82, 2.24) is 0 Å². The van der Waals surface area contributed by atoms with Gasteiger partial charge in [-0.25, -0.2) is 17.6 Å². The number of alkyl halides is 1. The minimum Gasteiger partial charge on any atom is -0.281 e. The van der Waals surface area contributed by atoms with Crippen LogP contribution in [0.1, 0.15) is 35.2 Å². The lowest BCUT2D eigenvalue weighted by Crippen LogP contribution is -2.50. The lowest BCUT2D eigenvalue weighted by Gasteiger charge is -2.42. The molecule has 1 aliphatic heterocycles. The third-order valence-corrected chi connectivity index (χ3v) is 7.36. The molecule has 3 aromatic carbocycles. The lowest BCUT2D eigenvalue weighted by atomic mass is 9.92. The van der Waals surface area contributed by atoms with E-state index in [2.05, 4.69) is 6.07 Å². The van der Waals surface area contributed by atoms with Crippen molar-refractivity contribution in [2.75, 3.05) is 16.1 Å². The van der Waals surface area contributed by atoms with Gasteiger partial charge in [0.15, 0.2) is 9.84 Å². The van der Waals surface area contributed by atoms with Crippen molar-refractivity contribution in [3.05, 3.63) is 100 Å². The van der Waals surface area contributed by atoms with E-state index in [1.54, 1.807) is 25.1 Å². The van der Waals surface area contributed by atoms with Crippen LogP contribution in [0.15, 0.2) is 82.9 Å². The number of sulfone groups is 1. The average Bonchev–Trinajstić information content (AvgIpc) is 2.92. The molecule has 0 radical (unpaired) electrons. The van der Waals surface area contributed by atoms with Gasteiger partial charge in [0.1, 0.15) is 12.7 Å². The molecule has 4 rings (SSSR count). The van der Waals surface area contributed by atoms with E-state index >= 15 is 0 Å². The average molecular weight is 526 g/mol. The fourth-order valence-electron chi connectivity index (χ4n) is 4.44. The molecule has 3 aromatic rings. The van der Waals surface area contributed by atoms with E-state index in [9.17, 15) is 33.4 Å². The standard InChI is InChI=1S/C28H20FN5O3S/c1-18-25(17-32)27(24-11-8-21(16-31)13-26(24)38(2,36)37)34(22-9-6-19(15-30)7-10-22)28(35)33(18)23-5-3-4-20(12-23)14-29/h3-13,27H,14H2,1-2H3/t27-/m1/s1. The highest BCUT2D eigenvalue weighted by atomic mass is 32.2. The molecule has 0 aromatic heterocycles. The molecule has 10 heteroatoms. The first kappa shape index (κ1) is 26.1. The van der Waals surface area contributed by atoms with Crippen LogP contribution in [-0.2, 0) is 16.5 Å². The minimum atomic E-state index is -3.89. The highest BCUT2D eigenvalue weighted by Gasteiger charge is 2.42. The van der Waals surface area contributed by atoms with Gasteiger partial charge in [-0.1, -0.05) is 18.2 Å². The molecule has 0 spiro atoms. The van der Waals surface area contributed by atoms with Gasteiger partial charge in [0, 0.05) is 17.6 Å². The maximum absolute atomic E-state index is 14.2. The van der Waals surface area contributed by atoms with Gasteiger partial charge in [-0.15, -0.1) is 0 Å². The molecule has 0 aliphatic carbocycles. The zero-order valence-electron chi connectivity index (χ0n) is 20.4. The molecule has 1 aliphatic rings. The monoisotopic (exact) mass is 525 g/mol. The Morgan fingerprint density at radius 1 is 0.895 bits per heavy atom. The Balaban J connectivity index is 2.06. The Kier molecular flexibility index (Phi) is 6.99. The highest BCUT2D eigenvalue weighted by molar-refractivity contribution is 7.90. The molecule has 0 saturated carbocycles. The molecule has 2 amide bonds. The number of urea groups is 1. The van der Waals surface area contributed by atoms with Gasteiger partial charge in [-0.05, 0) is 66.6 Å². The van der Waals surface area contributed by atoms with E-state index in [0.717, 1.165) is 6.26 Å². The summed E-state index contributed by atoms with van der Waals surface area (Å²) in [5, 5.41) is 28.9. The SMILES string of the molecule is CC1=C(C#N)[C@@H](c2ccc(C#N)cc2S(C)(=O)=O)N(c2ccc(C#N)cc2)C(=O)N1c1cccc(CF)c1. The first-order valence-electron chi connectivity index (χ1n) is 11.3. The Labute approximate surface area is 219 Å². The first-order chi connectivity index (χ1) is 18.1. The number of anilines is 2. The zero-order chi connectivity index (χ0) is 27.6. The quantitative estimate of drug-likeness (QED) is 0.445. The fourth-order valence-corrected chi connectivity index (χ4v) is 5.38. The second kappa shape index (κ2) is 10.2. The molecule has 8 nitrogen and oxygen atoms in total. The second-order valence-corrected chi connectivity index (χ2v) is 10.6. The largest absolute Gasteiger partial charge is 0.334 e. The molecule has 188 valence electrons. The van der Waals surface area contributed by atoms with E-state index in [1.165, 1.54) is 58.3 Å². The molecule has 1 heterocycles. The fraction of sp³-hybridized carbons (Fsp3) is 0.143. The van der Waals surface area contributed by atoms with Gasteiger partial charge < -0.3 is 0 Å². The normalized spacial score (nSPS) is 15.6. The van der Waals surface area contributed by atoms with Crippen molar-refractivity contribution < 1.29 is 17.6 Å². The number of nitrogens with zero attached hydrogens (tertiary/aromatic N) is 5. The summed E-state index contributed by atoms with van der Waals surface area (Å²) in [6.45, 7) is 0.806. The number of hydrogen-bond donors (Lipinski definition) is 0. The summed E-state index contributed by atoms with van der Waals surface area (Å²) in [6, 6.07) is 20.7. The smallest absolute Gasteiger partial charge is 0.281 e. The van der Waals surface area contributed by atoms with E-state index in [-0.39, 0.29) is 27.3 Å². The van der Waals surface area contributed by atoms with Crippen LogP contribution in [0.5, 0.6) is 0 Å². The van der Waals surface area contributed by atoms with Gasteiger partial charge in [0.25, 0.3) is 0 Å². The van der Waals surface area contributed by atoms with Crippen molar-refractivity contribution >= 4 is 27.2 Å². The number of allylic oxidation sites excluding steroid dienone is 1. The zero-order valence-corrected chi connectivity index (χ0v) is 21.2. The van der Waals surface area contributed by atoms with Gasteiger partial charge in [0.2, 0.25) is 0 Å². The summed E-state index contributed by atoms with van der Waals surface area (Å²) in [4.78, 5) is 16.5. The summed E-state index contributed by atoms with van der Waals surface area (Å²) in [5.74, 6) is 0. The van der Waals surface area contributed by atoms with Crippen molar-refractivity contribution in [3.63, 3.8) is 0 Å². The van der Waals surface area contributed by atoms with Crippen LogP contribution in [0.25, 0.3) is 0 Å². The van der Waals surface area contributed by atoms with Crippen LogP contribution in [0.2, 0.25) is 0 Å². The predicted molar refractivity (Wildman–Crippen MR) is 138 cm³/mol.